The van der Waals surface area contributed by atoms with Gasteiger partial charge in [0.2, 0.25) is 10.0 Å². The van der Waals surface area contributed by atoms with E-state index >= 15 is 0 Å². The van der Waals surface area contributed by atoms with E-state index in [1.165, 1.54) is 0 Å². The molecule has 0 aromatic heterocycles. The molecule has 0 aliphatic heterocycles. The SMILES string of the molecule is CCCCC(CC)CNS(=O)(=O)c1ccc(Br)c(C)c1. The molecule has 1 atom stereocenters. The lowest BCUT2D eigenvalue weighted by Crippen LogP contribution is -2.29. The van der Waals surface area contributed by atoms with Gasteiger partial charge in [-0.25, -0.2) is 13.1 Å². The predicted octanol–water partition coefficient (Wildman–Crippen LogP) is 4.25. The molecule has 1 aromatic carbocycles. The van der Waals surface area contributed by atoms with Crippen molar-refractivity contribution >= 4 is 26.0 Å². The molecule has 0 aliphatic carbocycles. The number of hydrogen-bond donors (Lipinski definition) is 1. The molecule has 0 saturated heterocycles. The molecule has 0 saturated carbocycles. The maximum Gasteiger partial charge on any atom is 0.240 e. The first-order valence-corrected chi connectivity index (χ1v) is 9.44. The van der Waals surface area contributed by atoms with Gasteiger partial charge in [-0.1, -0.05) is 49.0 Å². The van der Waals surface area contributed by atoms with Crippen LogP contribution >= 0.6 is 15.9 Å². The van der Waals surface area contributed by atoms with Gasteiger partial charge in [0, 0.05) is 11.0 Å². The highest BCUT2D eigenvalue weighted by Gasteiger charge is 2.16. The van der Waals surface area contributed by atoms with Crippen molar-refractivity contribution in [2.75, 3.05) is 6.54 Å². The van der Waals surface area contributed by atoms with Crippen LogP contribution < -0.4 is 4.72 Å². The minimum Gasteiger partial charge on any atom is -0.211 e. The first-order chi connectivity index (χ1) is 9.40. The van der Waals surface area contributed by atoms with Crippen LogP contribution in [0.1, 0.15) is 45.1 Å². The van der Waals surface area contributed by atoms with Crippen molar-refractivity contribution in [3.63, 3.8) is 0 Å². The number of aryl methyl sites for hydroxylation is 1. The molecule has 1 N–H and O–H groups in total. The van der Waals surface area contributed by atoms with E-state index < -0.39 is 10.0 Å². The largest absolute Gasteiger partial charge is 0.240 e. The third kappa shape index (κ3) is 5.19. The van der Waals surface area contributed by atoms with Crippen molar-refractivity contribution in [2.24, 2.45) is 5.92 Å². The summed E-state index contributed by atoms with van der Waals surface area (Å²) in [7, 11) is -3.40. The zero-order valence-electron chi connectivity index (χ0n) is 12.4. The Morgan fingerprint density at radius 3 is 2.55 bits per heavy atom. The lowest BCUT2D eigenvalue weighted by molar-refractivity contribution is 0.443. The first kappa shape index (κ1) is 17.7. The molecule has 3 nitrogen and oxygen atoms in total. The van der Waals surface area contributed by atoms with Crippen molar-refractivity contribution in [1.82, 2.24) is 4.72 Å². The molecule has 1 rings (SSSR count). The number of rotatable bonds is 8. The van der Waals surface area contributed by atoms with Crippen LogP contribution in [-0.2, 0) is 10.0 Å². The molecule has 0 spiro atoms. The van der Waals surface area contributed by atoms with Crippen LogP contribution in [0.15, 0.2) is 27.6 Å². The minimum absolute atomic E-state index is 0.337. The summed E-state index contributed by atoms with van der Waals surface area (Å²) in [6.45, 7) is 6.67. The van der Waals surface area contributed by atoms with Gasteiger partial charge >= 0.3 is 0 Å². The summed E-state index contributed by atoms with van der Waals surface area (Å²) in [6, 6.07) is 5.10. The predicted molar refractivity (Wildman–Crippen MR) is 87.4 cm³/mol. The highest BCUT2D eigenvalue weighted by molar-refractivity contribution is 9.10. The van der Waals surface area contributed by atoms with Crippen LogP contribution in [0.3, 0.4) is 0 Å². The van der Waals surface area contributed by atoms with Crippen molar-refractivity contribution in [3.05, 3.63) is 28.2 Å². The Morgan fingerprint density at radius 1 is 1.30 bits per heavy atom. The Kier molecular flexibility index (Phi) is 7.20. The Morgan fingerprint density at radius 2 is 2.00 bits per heavy atom. The lowest BCUT2D eigenvalue weighted by Gasteiger charge is -2.15. The maximum absolute atomic E-state index is 12.3. The molecular weight excluding hydrogens is 338 g/mol. The second-order valence-corrected chi connectivity index (χ2v) is 7.80. The maximum atomic E-state index is 12.3. The lowest BCUT2D eigenvalue weighted by atomic mass is 10.00. The van der Waals surface area contributed by atoms with Crippen molar-refractivity contribution < 1.29 is 8.42 Å². The van der Waals surface area contributed by atoms with Gasteiger partial charge in [-0.3, -0.25) is 0 Å². The number of hydrogen-bond acceptors (Lipinski definition) is 2. The molecule has 0 bridgehead atoms. The number of sulfonamides is 1. The topological polar surface area (TPSA) is 46.2 Å². The Balaban J connectivity index is 2.71. The fourth-order valence-electron chi connectivity index (χ4n) is 2.04. The Bertz CT molecular complexity index is 529. The zero-order valence-corrected chi connectivity index (χ0v) is 14.9. The monoisotopic (exact) mass is 361 g/mol. The summed E-state index contributed by atoms with van der Waals surface area (Å²) >= 11 is 3.38. The van der Waals surface area contributed by atoms with Crippen LogP contribution in [0.2, 0.25) is 0 Å². The van der Waals surface area contributed by atoms with E-state index in [9.17, 15) is 8.42 Å². The van der Waals surface area contributed by atoms with E-state index in [0.717, 1.165) is 35.7 Å². The third-order valence-electron chi connectivity index (χ3n) is 3.55. The highest BCUT2D eigenvalue weighted by Crippen LogP contribution is 2.20. The Labute approximate surface area is 131 Å². The zero-order chi connectivity index (χ0) is 15.2. The molecule has 0 aliphatic rings. The number of benzene rings is 1. The summed E-state index contributed by atoms with van der Waals surface area (Å²) in [6.07, 6.45) is 4.38. The van der Waals surface area contributed by atoms with Gasteiger partial charge < -0.3 is 0 Å². The average Bonchev–Trinajstić information content (AvgIpc) is 2.42. The molecule has 5 heteroatoms. The number of halogens is 1. The van der Waals surface area contributed by atoms with Crippen molar-refractivity contribution in [3.8, 4) is 0 Å². The van der Waals surface area contributed by atoms with E-state index in [0.29, 0.717) is 17.4 Å². The normalized spacial score (nSPS) is 13.4. The van der Waals surface area contributed by atoms with E-state index in [-0.39, 0.29) is 0 Å². The summed E-state index contributed by atoms with van der Waals surface area (Å²) in [5.41, 5.74) is 0.922. The molecule has 20 heavy (non-hydrogen) atoms. The van der Waals surface area contributed by atoms with Gasteiger partial charge in [-0.2, -0.15) is 0 Å². The van der Waals surface area contributed by atoms with Crippen molar-refractivity contribution in [2.45, 2.75) is 51.3 Å². The molecule has 0 radical (unpaired) electrons. The number of nitrogens with one attached hydrogen (secondary N) is 1. The fourth-order valence-corrected chi connectivity index (χ4v) is 3.49. The highest BCUT2D eigenvalue weighted by atomic mass is 79.9. The van der Waals surface area contributed by atoms with Crippen LogP contribution in [0.4, 0.5) is 0 Å². The van der Waals surface area contributed by atoms with Crippen LogP contribution in [-0.4, -0.2) is 15.0 Å². The molecule has 0 amide bonds. The smallest absolute Gasteiger partial charge is 0.211 e. The van der Waals surface area contributed by atoms with E-state index in [4.69, 9.17) is 0 Å². The molecule has 114 valence electrons. The summed E-state index contributed by atoms with van der Waals surface area (Å²) in [5, 5.41) is 0. The minimum atomic E-state index is -3.40. The van der Waals surface area contributed by atoms with E-state index in [1.807, 2.05) is 6.92 Å². The third-order valence-corrected chi connectivity index (χ3v) is 5.86. The van der Waals surface area contributed by atoms with Crippen LogP contribution in [0.5, 0.6) is 0 Å². The van der Waals surface area contributed by atoms with Gasteiger partial charge in [-0.15, -0.1) is 0 Å². The quantitative estimate of drug-likeness (QED) is 0.751. The van der Waals surface area contributed by atoms with Gasteiger partial charge in [0.25, 0.3) is 0 Å². The van der Waals surface area contributed by atoms with E-state index in [1.54, 1.807) is 18.2 Å². The van der Waals surface area contributed by atoms with Gasteiger partial charge in [0.15, 0.2) is 0 Å². The molecule has 1 unspecified atom stereocenters. The van der Waals surface area contributed by atoms with Crippen LogP contribution in [0.25, 0.3) is 0 Å². The number of unbranched alkanes of at least 4 members (excludes halogenated alkanes) is 1. The molecule has 0 heterocycles. The first-order valence-electron chi connectivity index (χ1n) is 7.16. The fraction of sp³-hybridized carbons (Fsp3) is 0.600. The van der Waals surface area contributed by atoms with Gasteiger partial charge in [0.05, 0.1) is 4.90 Å². The standard InChI is InChI=1S/C15H24BrNO2S/c1-4-6-7-13(5-2)11-17-20(18,19)14-8-9-15(16)12(3)10-14/h8-10,13,17H,4-7,11H2,1-3H3. The molecular formula is C15H24BrNO2S. The van der Waals surface area contributed by atoms with Crippen molar-refractivity contribution in [1.29, 1.82) is 0 Å². The Hall–Kier alpha value is -0.390. The summed E-state index contributed by atoms with van der Waals surface area (Å²) < 4.78 is 28.2. The molecule has 0 fully saturated rings. The molecule has 1 aromatic rings. The average molecular weight is 362 g/mol. The van der Waals surface area contributed by atoms with Gasteiger partial charge in [-0.05, 0) is 43.0 Å². The van der Waals surface area contributed by atoms with Gasteiger partial charge in [0.1, 0.15) is 0 Å². The van der Waals surface area contributed by atoms with Crippen LogP contribution in [0, 0.1) is 12.8 Å². The van der Waals surface area contributed by atoms with E-state index in [2.05, 4.69) is 34.5 Å². The summed E-state index contributed by atoms with van der Waals surface area (Å²) in [5.74, 6) is 0.418. The summed E-state index contributed by atoms with van der Waals surface area (Å²) in [4.78, 5) is 0.337. The second kappa shape index (κ2) is 8.15. The second-order valence-electron chi connectivity index (χ2n) is 5.18.